The number of nitrogens with one attached hydrogen (secondary N) is 1. The van der Waals surface area contributed by atoms with Crippen molar-refractivity contribution in [3.8, 4) is 11.5 Å². The average molecular weight is 396 g/mol. The first kappa shape index (κ1) is 19.7. The van der Waals surface area contributed by atoms with Gasteiger partial charge in [-0.05, 0) is 23.8 Å². The van der Waals surface area contributed by atoms with Gasteiger partial charge in [-0.1, -0.05) is 6.07 Å². The number of hydrogen-bond acceptors (Lipinski definition) is 5. The zero-order valence-electron chi connectivity index (χ0n) is 15.8. The second-order valence-electron chi connectivity index (χ2n) is 7.03. The van der Waals surface area contributed by atoms with Gasteiger partial charge in [0.2, 0.25) is 5.91 Å². The Morgan fingerprint density at radius 3 is 2.48 bits per heavy atom. The van der Waals surface area contributed by atoms with Gasteiger partial charge < -0.3 is 19.3 Å². The van der Waals surface area contributed by atoms with Gasteiger partial charge >= 0.3 is 0 Å². The summed E-state index contributed by atoms with van der Waals surface area (Å²) in [6, 6.07) is 5.69. The van der Waals surface area contributed by atoms with Gasteiger partial charge in [-0.15, -0.1) is 0 Å². The average Bonchev–Trinajstić information content (AvgIpc) is 3.05. The maximum absolute atomic E-state index is 12.5. The molecule has 8 heteroatoms. The molecule has 2 aliphatic heterocycles. The highest BCUT2D eigenvalue weighted by Gasteiger charge is 2.37. The van der Waals surface area contributed by atoms with Crippen molar-refractivity contribution in [2.45, 2.75) is 12.5 Å². The number of carbonyl (C=O) groups excluding carboxylic acids is 1. The first-order valence-electron chi connectivity index (χ1n) is 9.16. The van der Waals surface area contributed by atoms with Crippen LogP contribution in [-0.4, -0.2) is 77.2 Å². The molecular formula is C19H27N2O5S+. The lowest BCUT2D eigenvalue weighted by Crippen LogP contribution is -3.18. The van der Waals surface area contributed by atoms with Crippen LogP contribution < -0.4 is 14.4 Å². The molecule has 0 bridgehead atoms. The Morgan fingerprint density at radius 1 is 1.19 bits per heavy atom. The van der Waals surface area contributed by atoms with Crippen molar-refractivity contribution in [1.29, 1.82) is 0 Å². The smallest absolute Gasteiger partial charge is 0.246 e. The number of nitrogens with zero attached hydrogens (tertiary/aromatic N) is 1. The standard InChI is InChI=1S/C19H26N2O5S/c1-25-17-5-3-15(13-18(17)26-2)4-6-19(22)21-10-8-20(9-11-21)16-7-12-27(23,24)14-16/h3-6,13,16H,7-12,14H2,1-2H3/p+1/b6-4+/t16-/m1/s1. The largest absolute Gasteiger partial charge is 0.493 e. The molecule has 1 amide bonds. The topological polar surface area (TPSA) is 77.4 Å². The van der Waals surface area contributed by atoms with E-state index in [0.29, 0.717) is 30.3 Å². The molecule has 1 aromatic rings. The van der Waals surface area contributed by atoms with Gasteiger partial charge in [0.1, 0.15) is 11.8 Å². The van der Waals surface area contributed by atoms with Gasteiger partial charge in [0.25, 0.3) is 0 Å². The van der Waals surface area contributed by atoms with Crippen LogP contribution in [0.2, 0.25) is 0 Å². The van der Waals surface area contributed by atoms with Crippen LogP contribution in [0.25, 0.3) is 6.08 Å². The lowest BCUT2D eigenvalue weighted by molar-refractivity contribution is -0.925. The highest BCUT2D eigenvalue weighted by atomic mass is 32.2. The minimum atomic E-state index is -2.86. The van der Waals surface area contributed by atoms with Crippen LogP contribution in [-0.2, 0) is 14.6 Å². The quantitative estimate of drug-likeness (QED) is 0.689. The second kappa shape index (κ2) is 8.31. The summed E-state index contributed by atoms with van der Waals surface area (Å²) < 4.78 is 33.8. The van der Waals surface area contributed by atoms with Crippen LogP contribution in [0, 0.1) is 0 Å². The van der Waals surface area contributed by atoms with E-state index < -0.39 is 9.84 Å². The number of methoxy groups -OCH3 is 2. The molecular weight excluding hydrogens is 368 g/mol. The number of carbonyl (C=O) groups is 1. The minimum Gasteiger partial charge on any atom is -0.493 e. The van der Waals surface area contributed by atoms with Gasteiger partial charge in [0, 0.05) is 12.5 Å². The Hall–Kier alpha value is -2.06. The molecule has 0 saturated carbocycles. The maximum atomic E-state index is 12.5. The lowest BCUT2D eigenvalue weighted by Gasteiger charge is -2.34. The predicted molar refractivity (Wildman–Crippen MR) is 103 cm³/mol. The van der Waals surface area contributed by atoms with Crippen molar-refractivity contribution in [1.82, 2.24) is 4.90 Å². The molecule has 2 heterocycles. The highest BCUT2D eigenvalue weighted by molar-refractivity contribution is 7.91. The molecule has 0 aromatic heterocycles. The summed E-state index contributed by atoms with van der Waals surface area (Å²) in [6.07, 6.45) is 4.09. The molecule has 1 aromatic carbocycles. The van der Waals surface area contributed by atoms with Crippen LogP contribution in [0.1, 0.15) is 12.0 Å². The molecule has 3 rings (SSSR count). The molecule has 0 spiro atoms. The summed E-state index contributed by atoms with van der Waals surface area (Å²) in [5.41, 5.74) is 0.862. The third-order valence-electron chi connectivity index (χ3n) is 5.35. The van der Waals surface area contributed by atoms with E-state index in [1.165, 1.54) is 4.90 Å². The second-order valence-corrected chi connectivity index (χ2v) is 9.26. The van der Waals surface area contributed by atoms with E-state index in [0.717, 1.165) is 25.1 Å². The molecule has 1 N–H and O–H groups in total. The third kappa shape index (κ3) is 4.81. The van der Waals surface area contributed by atoms with E-state index in [-0.39, 0.29) is 17.7 Å². The van der Waals surface area contributed by atoms with E-state index in [4.69, 9.17) is 9.47 Å². The highest BCUT2D eigenvalue weighted by Crippen LogP contribution is 2.27. The van der Waals surface area contributed by atoms with Gasteiger partial charge in [-0.25, -0.2) is 8.42 Å². The SMILES string of the molecule is COc1ccc(/C=C/C(=O)N2CC[NH+]([C@@H]3CCS(=O)(=O)C3)CC2)cc1OC. The molecule has 0 aliphatic carbocycles. The number of amides is 1. The van der Waals surface area contributed by atoms with E-state index in [9.17, 15) is 13.2 Å². The van der Waals surface area contributed by atoms with E-state index in [1.807, 2.05) is 17.0 Å². The lowest BCUT2D eigenvalue weighted by atomic mass is 10.1. The van der Waals surface area contributed by atoms with Crippen LogP contribution in [0.3, 0.4) is 0 Å². The number of sulfone groups is 1. The van der Waals surface area contributed by atoms with Crippen LogP contribution >= 0.6 is 0 Å². The summed E-state index contributed by atoms with van der Waals surface area (Å²) in [5, 5.41) is 0. The summed E-state index contributed by atoms with van der Waals surface area (Å²) in [6.45, 7) is 2.91. The maximum Gasteiger partial charge on any atom is 0.246 e. The Morgan fingerprint density at radius 2 is 1.89 bits per heavy atom. The zero-order chi connectivity index (χ0) is 19.4. The predicted octanol–water partition coefficient (Wildman–Crippen LogP) is -0.369. The zero-order valence-corrected chi connectivity index (χ0v) is 16.6. The molecule has 148 valence electrons. The molecule has 2 saturated heterocycles. The normalized spacial score (nSPS) is 22.9. The van der Waals surface area contributed by atoms with Gasteiger partial charge in [0.15, 0.2) is 21.3 Å². The Kier molecular flexibility index (Phi) is 6.06. The van der Waals surface area contributed by atoms with E-state index in [2.05, 4.69) is 0 Å². The summed E-state index contributed by atoms with van der Waals surface area (Å²) in [7, 11) is 0.304. The van der Waals surface area contributed by atoms with Gasteiger partial charge in [0.05, 0.1) is 46.2 Å². The molecule has 27 heavy (non-hydrogen) atoms. The Balaban J connectivity index is 1.54. The first-order chi connectivity index (χ1) is 12.9. The van der Waals surface area contributed by atoms with Crippen molar-refractivity contribution in [2.24, 2.45) is 0 Å². The molecule has 1 atom stereocenters. The molecule has 0 radical (unpaired) electrons. The minimum absolute atomic E-state index is 0.0251. The van der Waals surface area contributed by atoms with Crippen LogP contribution in [0.4, 0.5) is 0 Å². The van der Waals surface area contributed by atoms with Crippen molar-refractivity contribution in [3.63, 3.8) is 0 Å². The number of benzene rings is 1. The molecule has 2 fully saturated rings. The first-order valence-corrected chi connectivity index (χ1v) is 11.0. The molecule has 7 nitrogen and oxygen atoms in total. The Bertz CT molecular complexity index is 813. The molecule has 2 aliphatic rings. The number of hydrogen-bond donors (Lipinski definition) is 1. The van der Waals surface area contributed by atoms with Crippen molar-refractivity contribution < 1.29 is 27.6 Å². The Labute approximate surface area is 160 Å². The summed E-state index contributed by atoms with van der Waals surface area (Å²) in [5.74, 6) is 1.83. The number of ether oxygens (including phenoxy) is 2. The number of rotatable bonds is 5. The monoisotopic (exact) mass is 395 g/mol. The van der Waals surface area contributed by atoms with E-state index in [1.54, 1.807) is 32.4 Å². The van der Waals surface area contributed by atoms with Gasteiger partial charge in [-0.3, -0.25) is 4.79 Å². The van der Waals surface area contributed by atoms with Crippen molar-refractivity contribution in [2.75, 3.05) is 51.9 Å². The number of quaternary nitrogens is 1. The van der Waals surface area contributed by atoms with Gasteiger partial charge in [-0.2, -0.15) is 0 Å². The fourth-order valence-corrected chi connectivity index (χ4v) is 5.59. The van der Waals surface area contributed by atoms with E-state index >= 15 is 0 Å². The van der Waals surface area contributed by atoms with Crippen LogP contribution in [0.15, 0.2) is 24.3 Å². The fourth-order valence-electron chi connectivity index (χ4n) is 3.77. The third-order valence-corrected chi connectivity index (χ3v) is 7.12. The summed E-state index contributed by atoms with van der Waals surface area (Å²) >= 11 is 0. The number of piperazine rings is 1. The fraction of sp³-hybridized carbons (Fsp3) is 0.526. The summed E-state index contributed by atoms with van der Waals surface area (Å²) in [4.78, 5) is 15.6. The van der Waals surface area contributed by atoms with Crippen molar-refractivity contribution >= 4 is 21.8 Å². The van der Waals surface area contributed by atoms with Crippen LogP contribution in [0.5, 0.6) is 11.5 Å². The van der Waals surface area contributed by atoms with Crippen molar-refractivity contribution in [3.05, 3.63) is 29.8 Å². The molecule has 0 unspecified atom stereocenters.